The van der Waals surface area contributed by atoms with Gasteiger partial charge in [-0.05, 0) is 190 Å². The molecule has 420 valence electrons. The largest absolute Gasteiger partial charge is 0.310 e. The maximum absolute atomic E-state index is 2.70. The summed E-state index contributed by atoms with van der Waals surface area (Å²) in [5, 5.41) is 0. The van der Waals surface area contributed by atoms with Crippen LogP contribution in [0.2, 0.25) is 0 Å². The maximum Gasteiger partial charge on any atom is 0.0714 e. The van der Waals surface area contributed by atoms with Crippen molar-refractivity contribution in [2.75, 3.05) is 4.90 Å². The lowest BCUT2D eigenvalue weighted by molar-refractivity contribution is 0.347. The van der Waals surface area contributed by atoms with Crippen LogP contribution in [0.15, 0.2) is 188 Å². The Morgan fingerprint density at radius 3 is 1.30 bits per heavy atom. The third kappa shape index (κ3) is 11.1. The molecule has 8 aromatic rings. The molecule has 0 saturated heterocycles. The number of anilines is 3. The molecule has 5 aliphatic carbocycles. The van der Waals surface area contributed by atoms with Gasteiger partial charge in [-0.3, -0.25) is 0 Å². The quantitative estimate of drug-likeness (QED) is 0.111. The molecule has 0 heterocycles. The Morgan fingerprint density at radius 2 is 0.768 bits per heavy atom. The van der Waals surface area contributed by atoms with Crippen molar-refractivity contribution >= 4 is 17.1 Å². The minimum atomic E-state index is -0.516. The minimum absolute atomic E-state index is 0.516. The molecule has 0 N–H and O–H groups in total. The molecule has 4 fully saturated rings. The molecule has 1 nitrogen and oxygen atoms in total. The summed E-state index contributed by atoms with van der Waals surface area (Å²) in [5.41, 5.74) is 22.6. The van der Waals surface area contributed by atoms with Crippen LogP contribution < -0.4 is 4.90 Å². The van der Waals surface area contributed by atoms with Crippen LogP contribution in [-0.2, 0) is 5.41 Å². The van der Waals surface area contributed by atoms with E-state index in [1.807, 2.05) is 0 Å². The highest BCUT2D eigenvalue weighted by Crippen LogP contribution is 2.58. The van der Waals surface area contributed by atoms with Crippen molar-refractivity contribution < 1.29 is 0 Å². The van der Waals surface area contributed by atoms with Crippen molar-refractivity contribution in [3.8, 4) is 33.4 Å². The van der Waals surface area contributed by atoms with Gasteiger partial charge in [0, 0.05) is 16.9 Å². The summed E-state index contributed by atoms with van der Waals surface area (Å²) in [6, 6.07) is 74.9. The van der Waals surface area contributed by atoms with Gasteiger partial charge < -0.3 is 4.90 Å². The lowest BCUT2D eigenvalue weighted by Crippen LogP contribution is -2.29. The topological polar surface area (TPSA) is 3.24 Å². The van der Waals surface area contributed by atoms with Crippen LogP contribution in [-0.4, -0.2) is 0 Å². The van der Waals surface area contributed by atoms with E-state index in [4.69, 9.17) is 0 Å². The molecular formula is C81H91N. The van der Waals surface area contributed by atoms with Crippen LogP contribution >= 0.6 is 0 Å². The fraction of sp³-hybridized carbons (Fsp3) is 0.407. The number of fused-ring (bicyclic) bond motifs is 3. The van der Waals surface area contributed by atoms with Gasteiger partial charge in [-0.15, -0.1) is 0 Å². The van der Waals surface area contributed by atoms with E-state index in [0.717, 1.165) is 11.8 Å². The van der Waals surface area contributed by atoms with Gasteiger partial charge in [0.15, 0.2) is 0 Å². The van der Waals surface area contributed by atoms with E-state index in [-0.39, 0.29) is 0 Å². The number of para-hydroxylation sites is 1. The second kappa shape index (κ2) is 25.2. The van der Waals surface area contributed by atoms with E-state index >= 15 is 0 Å². The zero-order valence-corrected chi connectivity index (χ0v) is 49.8. The summed E-state index contributed by atoms with van der Waals surface area (Å²) >= 11 is 0. The van der Waals surface area contributed by atoms with E-state index < -0.39 is 5.41 Å². The van der Waals surface area contributed by atoms with Crippen LogP contribution in [0.25, 0.3) is 33.4 Å². The Hall–Kier alpha value is -6.44. The summed E-state index contributed by atoms with van der Waals surface area (Å²) in [6.07, 6.45) is 32.3. The molecule has 1 heteroatoms. The first-order valence-electron chi connectivity index (χ1n) is 33.2. The van der Waals surface area contributed by atoms with Crippen molar-refractivity contribution in [2.45, 2.75) is 197 Å². The number of hydrogen-bond acceptors (Lipinski definition) is 1. The van der Waals surface area contributed by atoms with Crippen LogP contribution in [0.5, 0.6) is 0 Å². The van der Waals surface area contributed by atoms with Gasteiger partial charge in [-0.2, -0.15) is 0 Å². The van der Waals surface area contributed by atoms with E-state index in [2.05, 4.69) is 207 Å². The van der Waals surface area contributed by atoms with Gasteiger partial charge in [-0.1, -0.05) is 274 Å². The third-order valence-corrected chi connectivity index (χ3v) is 21.6. The summed E-state index contributed by atoms with van der Waals surface area (Å²) in [6.45, 7) is 4.82. The van der Waals surface area contributed by atoms with Crippen molar-refractivity contribution in [1.29, 1.82) is 0 Å². The van der Waals surface area contributed by atoms with Gasteiger partial charge in [0.2, 0.25) is 0 Å². The van der Waals surface area contributed by atoms with Crippen LogP contribution in [0.3, 0.4) is 0 Å². The number of hydrogen-bond donors (Lipinski definition) is 0. The molecule has 0 unspecified atom stereocenters. The molecule has 8 aromatic carbocycles. The molecule has 82 heavy (non-hydrogen) atoms. The molecule has 5 aliphatic rings. The highest BCUT2D eigenvalue weighted by molar-refractivity contribution is 5.92. The van der Waals surface area contributed by atoms with E-state index in [1.54, 1.807) is 11.1 Å². The van der Waals surface area contributed by atoms with E-state index in [1.165, 1.54) is 238 Å². The molecule has 0 bridgehead atoms. The predicted molar refractivity (Wildman–Crippen MR) is 349 cm³/mol. The van der Waals surface area contributed by atoms with Gasteiger partial charge in [0.05, 0.1) is 11.1 Å². The standard InChI is InChI=1S/C81H91N/c1-3-58-22-18-32-62(33-19-23-58)68-54-69(63-34-20-24-59(4-2)25-21-35-63)56-70(55-68)66-44-50-73(51-45-66)82(80-39-17-15-36-75(80)67-30-12-7-13-31-67)74-52-53-77-76-37-14-16-38-78(76)81(79(77)57-74,71-46-40-64(41-47-71)60-26-8-5-9-27-60)72-48-42-65(43-49-72)61-28-10-6-11-29-61/h7,12-17,30-31,36-63H,3-6,8-11,18-29,32-35H2,1-2H3. The molecule has 0 aliphatic heterocycles. The lowest BCUT2D eigenvalue weighted by atomic mass is 9.67. The molecular weight excluding hydrogens is 987 g/mol. The Bertz CT molecular complexity index is 3240. The average Bonchev–Trinajstić information content (AvgIpc) is 3.79. The second-order valence-electron chi connectivity index (χ2n) is 26.3. The minimum Gasteiger partial charge on any atom is -0.310 e. The average molecular weight is 1080 g/mol. The Morgan fingerprint density at radius 1 is 0.317 bits per heavy atom. The Labute approximate surface area is 494 Å². The van der Waals surface area contributed by atoms with Crippen molar-refractivity contribution in [1.82, 2.24) is 0 Å². The van der Waals surface area contributed by atoms with E-state index in [9.17, 15) is 0 Å². The fourth-order valence-corrected chi connectivity index (χ4v) is 16.8. The normalized spacial score (nSPS) is 21.5. The molecule has 13 rings (SSSR count). The first-order valence-corrected chi connectivity index (χ1v) is 33.2. The first kappa shape index (κ1) is 54.8. The second-order valence-corrected chi connectivity index (χ2v) is 26.3. The molecule has 0 amide bonds. The van der Waals surface area contributed by atoms with Gasteiger partial charge >= 0.3 is 0 Å². The summed E-state index contributed by atoms with van der Waals surface area (Å²) in [4.78, 5) is 2.58. The summed E-state index contributed by atoms with van der Waals surface area (Å²) in [5.74, 6) is 4.40. The monoisotopic (exact) mass is 1080 g/mol. The van der Waals surface area contributed by atoms with Crippen LogP contribution in [0.4, 0.5) is 17.1 Å². The first-order chi connectivity index (χ1) is 40.5. The third-order valence-electron chi connectivity index (χ3n) is 21.6. The van der Waals surface area contributed by atoms with E-state index in [0.29, 0.717) is 23.7 Å². The molecule has 0 spiro atoms. The van der Waals surface area contributed by atoms with Crippen LogP contribution in [0.1, 0.15) is 236 Å². The van der Waals surface area contributed by atoms with Crippen LogP contribution in [0, 0.1) is 11.8 Å². The zero-order chi connectivity index (χ0) is 55.2. The summed E-state index contributed by atoms with van der Waals surface area (Å²) in [7, 11) is 0. The van der Waals surface area contributed by atoms with Gasteiger partial charge in [-0.25, -0.2) is 0 Å². The fourth-order valence-electron chi connectivity index (χ4n) is 16.8. The Kier molecular flexibility index (Phi) is 16.8. The maximum atomic E-state index is 2.70. The van der Waals surface area contributed by atoms with Crippen molar-refractivity contribution in [3.05, 3.63) is 233 Å². The SMILES string of the molecule is CCC1CCCC(c2cc(-c3ccc(N(c4ccc5c(c4)C(c4ccc(C6CCCCC6)cc4)(c4ccc(C6CCCCC6)cc4)c4ccccc4-5)c4ccccc4-c4ccccc4)cc3)cc(C3CCCC(CC)CCC3)c2)CCC1. The highest BCUT2D eigenvalue weighted by Gasteiger charge is 2.47. The number of benzene rings is 8. The zero-order valence-electron chi connectivity index (χ0n) is 49.8. The smallest absolute Gasteiger partial charge is 0.0714 e. The molecule has 0 radical (unpaired) electrons. The Balaban J connectivity index is 0.949. The number of rotatable bonds is 13. The van der Waals surface area contributed by atoms with Gasteiger partial charge in [0.25, 0.3) is 0 Å². The molecule has 0 atom stereocenters. The number of nitrogens with zero attached hydrogens (tertiary/aromatic N) is 1. The molecule has 0 aromatic heterocycles. The predicted octanol–water partition coefficient (Wildman–Crippen LogP) is 23.9. The molecule has 4 saturated carbocycles. The summed E-state index contributed by atoms with van der Waals surface area (Å²) < 4.78 is 0. The van der Waals surface area contributed by atoms with Crippen molar-refractivity contribution in [3.63, 3.8) is 0 Å². The van der Waals surface area contributed by atoms with Gasteiger partial charge in [0.1, 0.15) is 0 Å². The lowest BCUT2D eigenvalue weighted by Gasteiger charge is -2.36. The highest BCUT2D eigenvalue weighted by atomic mass is 15.1. The van der Waals surface area contributed by atoms with Crippen molar-refractivity contribution in [2.24, 2.45) is 11.8 Å².